The SMILES string of the molecule is CC(C)(C)C1CC1C(N)=O. The van der Waals surface area contributed by atoms with Gasteiger partial charge >= 0.3 is 0 Å². The Hall–Kier alpha value is -0.530. The van der Waals surface area contributed by atoms with Crippen LogP contribution in [0.2, 0.25) is 0 Å². The lowest BCUT2D eigenvalue weighted by atomic mass is 9.89. The molecule has 0 spiro atoms. The fourth-order valence-corrected chi connectivity index (χ4v) is 1.47. The van der Waals surface area contributed by atoms with E-state index >= 15 is 0 Å². The molecule has 0 saturated heterocycles. The number of nitrogens with two attached hydrogens (primary N) is 1. The lowest BCUT2D eigenvalue weighted by Gasteiger charge is -2.16. The summed E-state index contributed by atoms with van der Waals surface area (Å²) in [5.41, 5.74) is 5.41. The van der Waals surface area contributed by atoms with Gasteiger partial charge in [0.1, 0.15) is 0 Å². The van der Waals surface area contributed by atoms with E-state index in [1.165, 1.54) is 0 Å². The van der Waals surface area contributed by atoms with Gasteiger partial charge in [0.15, 0.2) is 0 Å². The first kappa shape index (κ1) is 7.58. The van der Waals surface area contributed by atoms with Crippen molar-refractivity contribution >= 4 is 5.91 Å². The van der Waals surface area contributed by atoms with Crippen LogP contribution in [0.5, 0.6) is 0 Å². The van der Waals surface area contributed by atoms with Gasteiger partial charge in [-0.05, 0) is 17.8 Å². The Bertz CT molecular complexity index is 157. The molecule has 0 aromatic heterocycles. The van der Waals surface area contributed by atoms with Crippen molar-refractivity contribution in [3.8, 4) is 0 Å². The van der Waals surface area contributed by atoms with Crippen molar-refractivity contribution in [1.82, 2.24) is 0 Å². The van der Waals surface area contributed by atoms with E-state index in [9.17, 15) is 4.79 Å². The van der Waals surface area contributed by atoms with Crippen LogP contribution < -0.4 is 5.73 Å². The molecule has 10 heavy (non-hydrogen) atoms. The summed E-state index contributed by atoms with van der Waals surface area (Å²) in [4.78, 5) is 10.6. The summed E-state index contributed by atoms with van der Waals surface area (Å²) in [5.74, 6) is 0.574. The van der Waals surface area contributed by atoms with Gasteiger partial charge in [-0.15, -0.1) is 0 Å². The molecule has 0 radical (unpaired) electrons. The molecule has 1 aliphatic rings. The van der Waals surface area contributed by atoms with Crippen molar-refractivity contribution in [3.05, 3.63) is 0 Å². The van der Waals surface area contributed by atoms with Crippen LogP contribution in [0.3, 0.4) is 0 Å². The number of primary amides is 1. The van der Waals surface area contributed by atoms with E-state index < -0.39 is 0 Å². The van der Waals surface area contributed by atoms with Crippen LogP contribution in [-0.4, -0.2) is 5.91 Å². The lowest BCUT2D eigenvalue weighted by molar-refractivity contribution is -0.119. The molecule has 1 aliphatic carbocycles. The molecule has 0 aliphatic heterocycles. The molecule has 0 aromatic carbocycles. The number of hydrogen-bond donors (Lipinski definition) is 1. The predicted molar refractivity (Wildman–Crippen MR) is 40.2 cm³/mol. The first-order valence-corrected chi connectivity index (χ1v) is 3.72. The molecular weight excluding hydrogens is 126 g/mol. The molecule has 58 valence electrons. The monoisotopic (exact) mass is 141 g/mol. The maximum atomic E-state index is 10.6. The van der Waals surface area contributed by atoms with Crippen molar-refractivity contribution < 1.29 is 4.79 Å². The maximum absolute atomic E-state index is 10.6. The molecular formula is C8H15NO. The Balaban J connectivity index is 2.46. The standard InChI is InChI=1S/C8H15NO/c1-8(2,3)6-4-5(6)7(9)10/h5-6H,4H2,1-3H3,(H2,9,10). The first-order chi connectivity index (χ1) is 4.43. The third-order valence-electron chi connectivity index (χ3n) is 2.27. The molecule has 2 nitrogen and oxygen atoms in total. The summed E-state index contributed by atoms with van der Waals surface area (Å²) in [6.45, 7) is 6.46. The highest BCUT2D eigenvalue weighted by Gasteiger charge is 2.48. The molecule has 0 aromatic rings. The normalized spacial score (nSPS) is 31.9. The van der Waals surface area contributed by atoms with Crippen LogP contribution in [0.1, 0.15) is 27.2 Å². The summed E-state index contributed by atoms with van der Waals surface area (Å²) in [6.07, 6.45) is 0.999. The Kier molecular flexibility index (Phi) is 1.50. The second-order valence-electron chi connectivity index (χ2n) is 4.22. The van der Waals surface area contributed by atoms with Gasteiger partial charge in [-0.25, -0.2) is 0 Å². The molecule has 0 bridgehead atoms. The van der Waals surface area contributed by atoms with Crippen molar-refractivity contribution in [2.45, 2.75) is 27.2 Å². The number of carbonyl (C=O) groups excluding carboxylic acids is 1. The van der Waals surface area contributed by atoms with E-state index in [0.717, 1.165) is 6.42 Å². The van der Waals surface area contributed by atoms with E-state index in [2.05, 4.69) is 20.8 Å². The zero-order valence-electron chi connectivity index (χ0n) is 6.85. The van der Waals surface area contributed by atoms with E-state index in [-0.39, 0.29) is 17.2 Å². The van der Waals surface area contributed by atoms with E-state index in [1.54, 1.807) is 0 Å². The fourth-order valence-electron chi connectivity index (χ4n) is 1.47. The number of carbonyl (C=O) groups is 1. The summed E-state index contributed by atoms with van der Waals surface area (Å²) in [7, 11) is 0. The van der Waals surface area contributed by atoms with Gasteiger partial charge in [-0.3, -0.25) is 4.79 Å². The minimum Gasteiger partial charge on any atom is -0.369 e. The van der Waals surface area contributed by atoms with Gasteiger partial charge in [-0.2, -0.15) is 0 Å². The van der Waals surface area contributed by atoms with Gasteiger partial charge in [0.2, 0.25) is 5.91 Å². The zero-order chi connectivity index (χ0) is 7.94. The highest BCUT2D eigenvalue weighted by molar-refractivity contribution is 5.79. The Labute approximate surface area is 61.8 Å². The highest BCUT2D eigenvalue weighted by Crippen LogP contribution is 2.50. The molecule has 1 rings (SSSR count). The second-order valence-corrected chi connectivity index (χ2v) is 4.22. The predicted octanol–water partition coefficient (Wildman–Crippen LogP) is 1.15. The number of rotatable bonds is 1. The molecule has 2 unspecified atom stereocenters. The summed E-state index contributed by atoms with van der Waals surface area (Å²) in [6, 6.07) is 0. The minimum atomic E-state index is -0.125. The number of amides is 1. The quantitative estimate of drug-likeness (QED) is 0.585. The summed E-state index contributed by atoms with van der Waals surface area (Å²) in [5, 5.41) is 0. The highest BCUT2D eigenvalue weighted by atomic mass is 16.1. The van der Waals surface area contributed by atoms with Gasteiger partial charge in [-0.1, -0.05) is 20.8 Å². The molecule has 2 atom stereocenters. The third-order valence-corrected chi connectivity index (χ3v) is 2.27. The first-order valence-electron chi connectivity index (χ1n) is 3.72. The average molecular weight is 141 g/mol. The Morgan fingerprint density at radius 2 is 2.00 bits per heavy atom. The van der Waals surface area contributed by atoms with Crippen molar-refractivity contribution in [2.75, 3.05) is 0 Å². The van der Waals surface area contributed by atoms with Gasteiger partial charge in [0.25, 0.3) is 0 Å². The molecule has 2 heteroatoms. The molecule has 0 heterocycles. The van der Waals surface area contributed by atoms with Gasteiger partial charge < -0.3 is 5.73 Å². The van der Waals surface area contributed by atoms with Crippen LogP contribution in [0.15, 0.2) is 0 Å². The largest absolute Gasteiger partial charge is 0.369 e. The molecule has 1 saturated carbocycles. The smallest absolute Gasteiger partial charge is 0.220 e. The minimum absolute atomic E-state index is 0.125. The van der Waals surface area contributed by atoms with Crippen LogP contribution in [0, 0.1) is 17.3 Å². The van der Waals surface area contributed by atoms with Crippen molar-refractivity contribution in [3.63, 3.8) is 0 Å². The van der Waals surface area contributed by atoms with Crippen LogP contribution in [-0.2, 0) is 4.79 Å². The van der Waals surface area contributed by atoms with Crippen molar-refractivity contribution in [1.29, 1.82) is 0 Å². The molecule has 1 amide bonds. The maximum Gasteiger partial charge on any atom is 0.220 e. The third kappa shape index (κ3) is 1.31. The second kappa shape index (κ2) is 1.97. The van der Waals surface area contributed by atoms with E-state index in [0.29, 0.717) is 5.92 Å². The Morgan fingerprint density at radius 3 is 2.10 bits per heavy atom. The Morgan fingerprint density at radius 1 is 1.50 bits per heavy atom. The van der Waals surface area contributed by atoms with E-state index in [4.69, 9.17) is 5.73 Å². The van der Waals surface area contributed by atoms with Crippen molar-refractivity contribution in [2.24, 2.45) is 23.0 Å². The van der Waals surface area contributed by atoms with Gasteiger partial charge in [0, 0.05) is 5.92 Å². The lowest BCUT2D eigenvalue weighted by Crippen LogP contribution is -2.18. The zero-order valence-corrected chi connectivity index (χ0v) is 6.85. The fraction of sp³-hybridized carbons (Fsp3) is 0.875. The topological polar surface area (TPSA) is 43.1 Å². The van der Waals surface area contributed by atoms with Crippen LogP contribution in [0.4, 0.5) is 0 Å². The van der Waals surface area contributed by atoms with Gasteiger partial charge in [0.05, 0.1) is 0 Å². The van der Waals surface area contributed by atoms with E-state index in [1.807, 2.05) is 0 Å². The average Bonchev–Trinajstić information content (AvgIpc) is 2.35. The molecule has 1 fully saturated rings. The molecule has 2 N–H and O–H groups in total. The summed E-state index contributed by atoms with van der Waals surface area (Å²) >= 11 is 0. The number of hydrogen-bond acceptors (Lipinski definition) is 1. The summed E-state index contributed by atoms with van der Waals surface area (Å²) < 4.78 is 0. The van der Waals surface area contributed by atoms with Crippen LogP contribution in [0.25, 0.3) is 0 Å². The van der Waals surface area contributed by atoms with Crippen LogP contribution >= 0.6 is 0 Å².